The highest BCUT2D eigenvalue weighted by Gasteiger charge is 2.13. The molecule has 1 heterocycles. The average molecular weight is 273 g/mol. The zero-order valence-electron chi connectivity index (χ0n) is 11.3. The van der Waals surface area contributed by atoms with Crippen molar-refractivity contribution in [3.63, 3.8) is 0 Å². The minimum absolute atomic E-state index is 0.0734. The number of furan rings is 1. The largest absolute Gasteiger partial charge is 0.457 e. The Morgan fingerprint density at radius 1 is 1.25 bits per heavy atom. The molecule has 1 N–H and O–H groups in total. The number of carbonyl (C=O) groups excluding carboxylic acids is 2. The van der Waals surface area contributed by atoms with E-state index in [0.717, 1.165) is 11.1 Å². The van der Waals surface area contributed by atoms with E-state index in [1.54, 1.807) is 6.07 Å². The maximum Gasteiger partial charge on any atom is 0.374 e. The highest BCUT2D eigenvalue weighted by Crippen LogP contribution is 2.15. The van der Waals surface area contributed by atoms with Crippen molar-refractivity contribution < 1.29 is 18.7 Å². The van der Waals surface area contributed by atoms with Gasteiger partial charge in [-0.05, 0) is 37.6 Å². The smallest absolute Gasteiger partial charge is 0.374 e. The molecular formula is C15H15NO4. The Morgan fingerprint density at radius 2 is 2.05 bits per heavy atom. The van der Waals surface area contributed by atoms with Gasteiger partial charge in [-0.1, -0.05) is 17.7 Å². The minimum atomic E-state index is -0.661. The van der Waals surface area contributed by atoms with Gasteiger partial charge in [-0.2, -0.15) is 0 Å². The summed E-state index contributed by atoms with van der Waals surface area (Å²) in [4.78, 5) is 23.2. The molecule has 0 spiro atoms. The highest BCUT2D eigenvalue weighted by atomic mass is 16.5. The molecule has 20 heavy (non-hydrogen) atoms. The second-order valence-electron chi connectivity index (χ2n) is 4.42. The Kier molecular flexibility index (Phi) is 4.20. The molecule has 1 amide bonds. The van der Waals surface area contributed by atoms with Gasteiger partial charge in [0.25, 0.3) is 5.91 Å². The van der Waals surface area contributed by atoms with Crippen LogP contribution in [0.1, 0.15) is 21.7 Å². The van der Waals surface area contributed by atoms with Gasteiger partial charge in [-0.15, -0.1) is 0 Å². The van der Waals surface area contributed by atoms with Crippen LogP contribution in [0.15, 0.2) is 41.0 Å². The molecule has 0 saturated carbocycles. The third-order valence-corrected chi connectivity index (χ3v) is 2.71. The lowest BCUT2D eigenvalue weighted by Gasteiger charge is -2.09. The molecule has 0 fully saturated rings. The second-order valence-corrected chi connectivity index (χ2v) is 4.42. The number of benzene rings is 1. The summed E-state index contributed by atoms with van der Waals surface area (Å²) in [6.07, 6.45) is 1.37. The van der Waals surface area contributed by atoms with Crippen LogP contribution in [0, 0.1) is 13.8 Å². The quantitative estimate of drug-likeness (QED) is 0.870. The van der Waals surface area contributed by atoms with E-state index >= 15 is 0 Å². The molecule has 0 aliphatic carbocycles. The van der Waals surface area contributed by atoms with Crippen LogP contribution in [-0.4, -0.2) is 18.5 Å². The van der Waals surface area contributed by atoms with Crippen LogP contribution >= 0.6 is 0 Å². The zero-order chi connectivity index (χ0) is 14.5. The van der Waals surface area contributed by atoms with Gasteiger partial charge in [0.05, 0.1) is 6.26 Å². The Bertz CT molecular complexity index is 617. The first-order valence-electron chi connectivity index (χ1n) is 6.14. The SMILES string of the molecule is Cc1ccc(NC(=O)COC(=O)c2ccco2)c(C)c1. The van der Waals surface area contributed by atoms with Gasteiger partial charge < -0.3 is 14.5 Å². The fourth-order valence-electron chi connectivity index (χ4n) is 1.74. The first-order valence-corrected chi connectivity index (χ1v) is 6.14. The number of esters is 1. The van der Waals surface area contributed by atoms with Gasteiger partial charge in [0.15, 0.2) is 6.61 Å². The molecule has 0 bridgehead atoms. The number of anilines is 1. The summed E-state index contributed by atoms with van der Waals surface area (Å²) >= 11 is 0. The predicted octanol–water partition coefficient (Wildman–Crippen LogP) is 2.69. The number of nitrogens with one attached hydrogen (secondary N) is 1. The number of ether oxygens (including phenoxy) is 1. The van der Waals surface area contributed by atoms with Gasteiger partial charge in [0, 0.05) is 5.69 Å². The average Bonchev–Trinajstić information content (AvgIpc) is 2.93. The third-order valence-electron chi connectivity index (χ3n) is 2.71. The van der Waals surface area contributed by atoms with Crippen molar-refractivity contribution in [3.05, 3.63) is 53.5 Å². The summed E-state index contributed by atoms with van der Waals surface area (Å²) < 4.78 is 9.71. The Morgan fingerprint density at radius 3 is 2.70 bits per heavy atom. The van der Waals surface area contributed by atoms with Crippen molar-refractivity contribution in [1.29, 1.82) is 0 Å². The summed E-state index contributed by atoms with van der Waals surface area (Å²) in [5.74, 6) is -0.980. The first kappa shape index (κ1) is 13.9. The molecule has 0 saturated heterocycles. The zero-order valence-corrected chi connectivity index (χ0v) is 11.3. The lowest BCUT2D eigenvalue weighted by atomic mass is 10.1. The van der Waals surface area contributed by atoms with E-state index in [-0.39, 0.29) is 12.4 Å². The lowest BCUT2D eigenvalue weighted by molar-refractivity contribution is -0.119. The van der Waals surface area contributed by atoms with E-state index in [4.69, 9.17) is 9.15 Å². The van der Waals surface area contributed by atoms with E-state index in [1.165, 1.54) is 12.3 Å². The molecule has 1 aromatic heterocycles. The Labute approximate surface area is 116 Å². The molecule has 1 aromatic carbocycles. The van der Waals surface area contributed by atoms with Crippen LogP contribution < -0.4 is 5.32 Å². The standard InChI is InChI=1S/C15H15NO4/c1-10-5-6-12(11(2)8-10)16-14(17)9-20-15(18)13-4-3-7-19-13/h3-8H,9H2,1-2H3,(H,16,17). The van der Waals surface area contributed by atoms with E-state index in [2.05, 4.69) is 5.32 Å². The molecule has 0 atom stereocenters. The molecule has 5 nitrogen and oxygen atoms in total. The molecule has 0 aliphatic heterocycles. The number of hydrogen-bond acceptors (Lipinski definition) is 4. The summed E-state index contributed by atoms with van der Waals surface area (Å²) in [5, 5.41) is 2.69. The van der Waals surface area contributed by atoms with Crippen LogP contribution in [0.3, 0.4) is 0 Å². The van der Waals surface area contributed by atoms with Crippen LogP contribution in [0.4, 0.5) is 5.69 Å². The summed E-state index contributed by atoms with van der Waals surface area (Å²) in [6.45, 7) is 3.52. The fourth-order valence-corrected chi connectivity index (χ4v) is 1.74. The number of carbonyl (C=O) groups is 2. The Balaban J connectivity index is 1.88. The van der Waals surface area contributed by atoms with E-state index < -0.39 is 11.9 Å². The first-order chi connectivity index (χ1) is 9.56. The molecule has 2 aromatic rings. The molecule has 5 heteroatoms. The van der Waals surface area contributed by atoms with Crippen LogP contribution in [0.5, 0.6) is 0 Å². The molecular weight excluding hydrogens is 258 g/mol. The van der Waals surface area contributed by atoms with E-state index in [9.17, 15) is 9.59 Å². The number of rotatable bonds is 4. The van der Waals surface area contributed by atoms with Crippen molar-refractivity contribution in [2.24, 2.45) is 0 Å². The second kappa shape index (κ2) is 6.06. The fraction of sp³-hybridized carbons (Fsp3) is 0.200. The predicted molar refractivity (Wildman–Crippen MR) is 73.5 cm³/mol. The summed E-state index contributed by atoms with van der Waals surface area (Å²) in [7, 11) is 0. The van der Waals surface area contributed by atoms with Gasteiger partial charge in [0.1, 0.15) is 0 Å². The van der Waals surface area contributed by atoms with Crippen molar-refractivity contribution in [3.8, 4) is 0 Å². The van der Waals surface area contributed by atoms with Gasteiger partial charge in [0.2, 0.25) is 5.76 Å². The lowest BCUT2D eigenvalue weighted by Crippen LogP contribution is -2.21. The number of hydrogen-bond donors (Lipinski definition) is 1. The normalized spacial score (nSPS) is 10.1. The third kappa shape index (κ3) is 3.47. The monoisotopic (exact) mass is 273 g/mol. The number of aryl methyl sites for hydroxylation is 2. The van der Waals surface area contributed by atoms with Gasteiger partial charge >= 0.3 is 5.97 Å². The van der Waals surface area contributed by atoms with Crippen molar-refractivity contribution in [1.82, 2.24) is 0 Å². The maximum absolute atomic E-state index is 11.7. The topological polar surface area (TPSA) is 68.5 Å². The highest BCUT2D eigenvalue weighted by molar-refractivity contribution is 5.95. The molecule has 0 aliphatic rings. The van der Waals surface area contributed by atoms with Crippen LogP contribution in [-0.2, 0) is 9.53 Å². The molecule has 104 valence electrons. The van der Waals surface area contributed by atoms with Crippen molar-refractivity contribution >= 4 is 17.6 Å². The molecule has 0 radical (unpaired) electrons. The van der Waals surface area contributed by atoms with Gasteiger partial charge in [-0.25, -0.2) is 4.79 Å². The maximum atomic E-state index is 11.7. The van der Waals surface area contributed by atoms with Crippen LogP contribution in [0.2, 0.25) is 0 Å². The van der Waals surface area contributed by atoms with E-state index in [1.807, 2.05) is 32.0 Å². The molecule has 0 unspecified atom stereocenters. The van der Waals surface area contributed by atoms with Crippen molar-refractivity contribution in [2.75, 3.05) is 11.9 Å². The number of amides is 1. The van der Waals surface area contributed by atoms with Crippen molar-refractivity contribution in [2.45, 2.75) is 13.8 Å². The van der Waals surface area contributed by atoms with E-state index in [0.29, 0.717) is 5.69 Å². The Hall–Kier alpha value is -2.56. The van der Waals surface area contributed by atoms with Crippen LogP contribution in [0.25, 0.3) is 0 Å². The minimum Gasteiger partial charge on any atom is -0.457 e. The molecule has 2 rings (SSSR count). The van der Waals surface area contributed by atoms with Gasteiger partial charge in [-0.3, -0.25) is 4.79 Å². The summed E-state index contributed by atoms with van der Waals surface area (Å²) in [5.41, 5.74) is 2.77. The summed E-state index contributed by atoms with van der Waals surface area (Å²) in [6, 6.07) is 8.73.